The van der Waals surface area contributed by atoms with Gasteiger partial charge in [0.25, 0.3) is 0 Å². The SMILES string of the molecule is Cc1cc(Nc2nc(-c3ccc(N(C)C)cc3)nc3ccccc23)n[nH]1. The van der Waals surface area contributed by atoms with Crippen molar-refractivity contribution in [3.63, 3.8) is 0 Å². The van der Waals surface area contributed by atoms with E-state index in [0.29, 0.717) is 5.82 Å². The third-order valence-corrected chi connectivity index (χ3v) is 4.20. The second kappa shape index (κ2) is 6.48. The standard InChI is InChI=1S/C20H20N6/c1-13-12-18(25-24-13)22-20-16-6-4-5-7-17(16)21-19(23-20)14-8-10-15(11-9-14)26(2)3/h4-12H,1-3H3,(H2,21,22,23,24,25). The summed E-state index contributed by atoms with van der Waals surface area (Å²) in [6.45, 7) is 1.97. The molecule has 6 heteroatoms. The first-order chi connectivity index (χ1) is 12.6. The number of H-pyrrole nitrogens is 1. The summed E-state index contributed by atoms with van der Waals surface area (Å²) in [6.07, 6.45) is 0. The van der Waals surface area contributed by atoms with Crippen molar-refractivity contribution in [3.05, 3.63) is 60.3 Å². The lowest BCUT2D eigenvalue weighted by Crippen LogP contribution is -2.08. The van der Waals surface area contributed by atoms with Crippen LogP contribution in [0.2, 0.25) is 0 Å². The predicted octanol–water partition coefficient (Wildman–Crippen LogP) is 4.14. The zero-order valence-electron chi connectivity index (χ0n) is 15.0. The fourth-order valence-corrected chi connectivity index (χ4v) is 2.81. The Balaban J connectivity index is 1.80. The minimum atomic E-state index is 0.684. The molecule has 0 bridgehead atoms. The van der Waals surface area contributed by atoms with E-state index in [2.05, 4.69) is 32.5 Å². The summed E-state index contributed by atoms with van der Waals surface area (Å²) in [6, 6.07) is 18.1. The van der Waals surface area contributed by atoms with Gasteiger partial charge in [-0.3, -0.25) is 5.10 Å². The van der Waals surface area contributed by atoms with Crippen molar-refractivity contribution in [2.45, 2.75) is 6.92 Å². The number of hydrogen-bond donors (Lipinski definition) is 2. The summed E-state index contributed by atoms with van der Waals surface area (Å²) in [7, 11) is 4.05. The van der Waals surface area contributed by atoms with E-state index in [0.717, 1.165) is 39.5 Å². The van der Waals surface area contributed by atoms with Crippen LogP contribution >= 0.6 is 0 Å². The van der Waals surface area contributed by atoms with E-state index in [1.165, 1.54) is 0 Å². The number of nitrogens with zero attached hydrogens (tertiary/aromatic N) is 4. The van der Waals surface area contributed by atoms with Crippen molar-refractivity contribution in [2.75, 3.05) is 24.3 Å². The molecule has 0 fully saturated rings. The number of nitrogens with one attached hydrogen (secondary N) is 2. The molecule has 2 aromatic carbocycles. The van der Waals surface area contributed by atoms with Crippen molar-refractivity contribution < 1.29 is 0 Å². The van der Waals surface area contributed by atoms with E-state index < -0.39 is 0 Å². The molecule has 0 amide bonds. The molecule has 0 aliphatic rings. The Kier molecular flexibility index (Phi) is 4.01. The molecule has 0 aliphatic heterocycles. The predicted molar refractivity (Wildman–Crippen MR) is 106 cm³/mol. The summed E-state index contributed by atoms with van der Waals surface area (Å²) in [4.78, 5) is 11.6. The van der Waals surface area contributed by atoms with E-state index >= 15 is 0 Å². The van der Waals surface area contributed by atoms with Gasteiger partial charge in [-0.1, -0.05) is 12.1 Å². The van der Waals surface area contributed by atoms with Crippen LogP contribution in [0, 0.1) is 6.92 Å². The Hall–Kier alpha value is -3.41. The minimum absolute atomic E-state index is 0.684. The number of aromatic amines is 1. The van der Waals surface area contributed by atoms with Crippen LogP contribution in [0.5, 0.6) is 0 Å². The molecule has 0 aliphatic carbocycles. The van der Waals surface area contributed by atoms with Gasteiger partial charge in [0.05, 0.1) is 5.52 Å². The Morgan fingerprint density at radius 2 is 1.73 bits per heavy atom. The van der Waals surface area contributed by atoms with Gasteiger partial charge in [0.1, 0.15) is 5.82 Å². The summed E-state index contributed by atoms with van der Waals surface area (Å²) in [5, 5.41) is 11.5. The molecule has 130 valence electrons. The highest BCUT2D eigenvalue weighted by molar-refractivity contribution is 5.92. The molecule has 2 heterocycles. The van der Waals surface area contributed by atoms with E-state index in [1.54, 1.807) is 0 Å². The largest absolute Gasteiger partial charge is 0.378 e. The molecular formula is C20H20N6. The summed E-state index contributed by atoms with van der Waals surface area (Å²) in [5.41, 5.74) is 4.00. The average molecular weight is 344 g/mol. The lowest BCUT2D eigenvalue weighted by molar-refractivity contribution is 1.05. The van der Waals surface area contributed by atoms with Crippen LogP contribution in [0.25, 0.3) is 22.3 Å². The van der Waals surface area contributed by atoms with Gasteiger partial charge >= 0.3 is 0 Å². The third kappa shape index (κ3) is 3.09. The lowest BCUT2D eigenvalue weighted by atomic mass is 10.1. The normalized spacial score (nSPS) is 10.9. The van der Waals surface area contributed by atoms with Crippen molar-refractivity contribution in [2.24, 2.45) is 0 Å². The van der Waals surface area contributed by atoms with Gasteiger partial charge in [-0.2, -0.15) is 5.10 Å². The maximum Gasteiger partial charge on any atom is 0.162 e. The molecule has 0 radical (unpaired) electrons. The molecule has 0 spiro atoms. The fourth-order valence-electron chi connectivity index (χ4n) is 2.81. The first-order valence-corrected chi connectivity index (χ1v) is 8.44. The minimum Gasteiger partial charge on any atom is -0.378 e. The van der Waals surface area contributed by atoms with Crippen molar-refractivity contribution in [1.29, 1.82) is 0 Å². The highest BCUT2D eigenvalue weighted by Gasteiger charge is 2.11. The smallest absolute Gasteiger partial charge is 0.162 e. The maximum absolute atomic E-state index is 4.76. The molecule has 4 rings (SSSR count). The summed E-state index contributed by atoms with van der Waals surface area (Å²) in [5.74, 6) is 2.16. The molecular weight excluding hydrogens is 324 g/mol. The van der Waals surface area contributed by atoms with E-state index in [1.807, 2.05) is 63.5 Å². The van der Waals surface area contributed by atoms with Crippen molar-refractivity contribution >= 4 is 28.2 Å². The molecule has 6 nitrogen and oxygen atoms in total. The van der Waals surface area contributed by atoms with Gasteiger partial charge in [-0.25, -0.2) is 9.97 Å². The zero-order valence-corrected chi connectivity index (χ0v) is 15.0. The van der Waals surface area contributed by atoms with Gasteiger partial charge in [0, 0.05) is 42.5 Å². The van der Waals surface area contributed by atoms with E-state index in [4.69, 9.17) is 9.97 Å². The lowest BCUT2D eigenvalue weighted by Gasteiger charge is -2.13. The van der Waals surface area contributed by atoms with Gasteiger partial charge in [-0.15, -0.1) is 0 Å². The number of aryl methyl sites for hydroxylation is 1. The molecule has 0 saturated heterocycles. The molecule has 4 aromatic rings. The van der Waals surface area contributed by atoms with Gasteiger partial charge in [0.15, 0.2) is 11.6 Å². The number of para-hydroxylation sites is 1. The number of aromatic nitrogens is 4. The van der Waals surface area contributed by atoms with Crippen molar-refractivity contribution in [3.8, 4) is 11.4 Å². The van der Waals surface area contributed by atoms with E-state index in [9.17, 15) is 0 Å². The topological polar surface area (TPSA) is 69.7 Å². The maximum atomic E-state index is 4.76. The van der Waals surface area contributed by atoms with Crippen LogP contribution in [0.3, 0.4) is 0 Å². The number of rotatable bonds is 4. The molecule has 0 atom stereocenters. The quantitative estimate of drug-likeness (QED) is 0.582. The Labute approximate surface area is 151 Å². The summed E-state index contributed by atoms with van der Waals surface area (Å²) >= 11 is 0. The fraction of sp³-hybridized carbons (Fsp3) is 0.150. The summed E-state index contributed by atoms with van der Waals surface area (Å²) < 4.78 is 0. The Bertz CT molecular complexity index is 1050. The first-order valence-electron chi connectivity index (χ1n) is 8.44. The van der Waals surface area contributed by atoms with Crippen molar-refractivity contribution in [1.82, 2.24) is 20.2 Å². The van der Waals surface area contributed by atoms with Crippen LogP contribution < -0.4 is 10.2 Å². The number of benzene rings is 2. The monoisotopic (exact) mass is 344 g/mol. The highest BCUT2D eigenvalue weighted by Crippen LogP contribution is 2.27. The van der Waals surface area contributed by atoms with Crippen LogP contribution in [-0.2, 0) is 0 Å². The number of anilines is 3. The highest BCUT2D eigenvalue weighted by atomic mass is 15.2. The van der Waals surface area contributed by atoms with Gasteiger partial charge in [-0.05, 0) is 43.3 Å². The molecule has 0 unspecified atom stereocenters. The third-order valence-electron chi connectivity index (χ3n) is 4.20. The Morgan fingerprint density at radius 3 is 2.42 bits per heavy atom. The van der Waals surface area contributed by atoms with E-state index in [-0.39, 0.29) is 0 Å². The zero-order chi connectivity index (χ0) is 18.1. The van der Waals surface area contributed by atoms with Gasteiger partial charge < -0.3 is 10.2 Å². The molecule has 0 saturated carbocycles. The second-order valence-electron chi connectivity index (χ2n) is 6.42. The average Bonchev–Trinajstić information content (AvgIpc) is 3.06. The van der Waals surface area contributed by atoms with Crippen LogP contribution in [-0.4, -0.2) is 34.3 Å². The second-order valence-corrected chi connectivity index (χ2v) is 6.42. The first kappa shape index (κ1) is 16.1. The number of hydrogen-bond acceptors (Lipinski definition) is 5. The molecule has 2 aromatic heterocycles. The van der Waals surface area contributed by atoms with Crippen LogP contribution in [0.4, 0.5) is 17.3 Å². The number of fused-ring (bicyclic) bond motifs is 1. The molecule has 2 N–H and O–H groups in total. The Morgan fingerprint density at radius 1 is 0.962 bits per heavy atom. The van der Waals surface area contributed by atoms with Crippen LogP contribution in [0.1, 0.15) is 5.69 Å². The molecule has 26 heavy (non-hydrogen) atoms. The van der Waals surface area contributed by atoms with Crippen LogP contribution in [0.15, 0.2) is 54.6 Å². The van der Waals surface area contributed by atoms with Gasteiger partial charge in [0.2, 0.25) is 0 Å².